The summed E-state index contributed by atoms with van der Waals surface area (Å²) >= 11 is 0. The normalized spacial score (nSPS) is 11.6. The van der Waals surface area contributed by atoms with E-state index in [9.17, 15) is 23.1 Å². The van der Waals surface area contributed by atoms with Gasteiger partial charge in [0.25, 0.3) is 0 Å². The second kappa shape index (κ2) is 8.58. The highest BCUT2D eigenvalue weighted by Crippen LogP contribution is 2.30. The minimum atomic E-state index is -4.80. The number of halogens is 3. The number of carboxylic acids is 1. The number of nitrogens with zero attached hydrogens (tertiary/aromatic N) is 3. The molecule has 2 heterocycles. The van der Waals surface area contributed by atoms with Crippen LogP contribution in [0.5, 0.6) is 11.5 Å². The fourth-order valence-corrected chi connectivity index (χ4v) is 3.59. The molecule has 0 unspecified atom stereocenters. The van der Waals surface area contributed by atoms with E-state index in [-0.39, 0.29) is 17.7 Å². The minimum Gasteiger partial charge on any atom is -0.497 e. The van der Waals surface area contributed by atoms with Crippen LogP contribution in [0.1, 0.15) is 21.7 Å². The summed E-state index contributed by atoms with van der Waals surface area (Å²) < 4.78 is 52.4. The van der Waals surface area contributed by atoms with E-state index >= 15 is 0 Å². The van der Waals surface area contributed by atoms with Crippen molar-refractivity contribution in [1.29, 1.82) is 5.41 Å². The van der Waals surface area contributed by atoms with Gasteiger partial charge in [0.1, 0.15) is 17.0 Å². The van der Waals surface area contributed by atoms with Crippen LogP contribution in [0.15, 0.2) is 54.7 Å². The number of hydrogen-bond acceptors (Lipinski definition) is 5. The maximum absolute atomic E-state index is 13.1. The number of fused-ring (bicyclic) bond motifs is 1. The molecule has 176 valence electrons. The molecule has 0 amide bonds. The first-order chi connectivity index (χ1) is 16.1. The Labute approximate surface area is 190 Å². The van der Waals surface area contributed by atoms with Crippen molar-refractivity contribution in [2.24, 2.45) is 0 Å². The molecule has 0 atom stereocenters. The van der Waals surface area contributed by atoms with Crippen molar-refractivity contribution in [3.63, 3.8) is 0 Å². The molecule has 0 bridgehead atoms. The zero-order valence-electron chi connectivity index (χ0n) is 18.1. The molecule has 0 aliphatic carbocycles. The second-order valence-corrected chi connectivity index (χ2v) is 7.37. The van der Waals surface area contributed by atoms with E-state index in [0.717, 1.165) is 5.56 Å². The summed E-state index contributed by atoms with van der Waals surface area (Å²) in [6.07, 6.45) is -3.08. The number of benzene rings is 2. The first-order valence-corrected chi connectivity index (χ1v) is 9.92. The van der Waals surface area contributed by atoms with Gasteiger partial charge >= 0.3 is 12.1 Å². The Morgan fingerprint density at radius 2 is 1.85 bits per heavy atom. The summed E-state index contributed by atoms with van der Waals surface area (Å²) in [6.45, 7) is 0.284. The van der Waals surface area contributed by atoms with Gasteiger partial charge in [-0.05, 0) is 35.7 Å². The standard InChI is InChI=1S/C23H19F3N4O4/c1-33-16-6-4-14(19(10-16)34-2)12-29-8-7-13-3-5-15(9-17(13)21(29)27)30-18(22(31)32)11-20(28-30)23(24,25)26/h3-11,27H,12H2,1-2H3,(H,31,32). The van der Waals surface area contributed by atoms with Gasteiger partial charge in [0.05, 0.1) is 26.5 Å². The summed E-state index contributed by atoms with van der Waals surface area (Å²) in [7, 11) is 3.07. The summed E-state index contributed by atoms with van der Waals surface area (Å²) in [5, 5.41) is 22.6. The number of hydrogen-bond donors (Lipinski definition) is 2. The summed E-state index contributed by atoms with van der Waals surface area (Å²) in [6, 6.07) is 12.0. The molecule has 0 aliphatic rings. The molecule has 2 aromatic carbocycles. The van der Waals surface area contributed by atoms with E-state index in [1.165, 1.54) is 19.2 Å². The van der Waals surface area contributed by atoms with Crippen molar-refractivity contribution in [2.45, 2.75) is 12.7 Å². The molecule has 0 saturated heterocycles. The third-order valence-corrected chi connectivity index (χ3v) is 5.31. The molecule has 4 aromatic rings. The zero-order valence-corrected chi connectivity index (χ0v) is 18.1. The lowest BCUT2D eigenvalue weighted by molar-refractivity contribution is -0.141. The third kappa shape index (κ3) is 4.19. The number of aromatic carboxylic acids is 1. The molecule has 34 heavy (non-hydrogen) atoms. The molecule has 2 N–H and O–H groups in total. The SMILES string of the molecule is COc1ccc(Cn2ccc3ccc(-n4nc(C(F)(F)F)cc4C(=O)O)cc3c2=N)c(OC)c1. The van der Waals surface area contributed by atoms with E-state index in [1.54, 1.807) is 42.1 Å². The summed E-state index contributed by atoms with van der Waals surface area (Å²) in [5.41, 5.74) is -0.992. The number of alkyl halides is 3. The maximum atomic E-state index is 13.1. The van der Waals surface area contributed by atoms with Gasteiger partial charge in [-0.3, -0.25) is 5.41 Å². The number of nitrogens with one attached hydrogen (secondary N) is 1. The molecule has 0 aliphatic heterocycles. The molecule has 0 spiro atoms. The lowest BCUT2D eigenvalue weighted by Crippen LogP contribution is -2.21. The largest absolute Gasteiger partial charge is 0.497 e. The van der Waals surface area contributed by atoms with Crippen LogP contribution in [-0.4, -0.2) is 39.6 Å². The number of carbonyl (C=O) groups is 1. The van der Waals surface area contributed by atoms with Crippen LogP contribution < -0.4 is 15.0 Å². The molecular formula is C23H19F3N4O4. The van der Waals surface area contributed by atoms with Crippen LogP contribution in [0, 0.1) is 5.41 Å². The Morgan fingerprint density at radius 1 is 1.09 bits per heavy atom. The van der Waals surface area contributed by atoms with Crippen molar-refractivity contribution in [1.82, 2.24) is 14.3 Å². The average Bonchev–Trinajstić information content (AvgIpc) is 3.27. The number of aromatic nitrogens is 3. The zero-order chi connectivity index (χ0) is 24.6. The van der Waals surface area contributed by atoms with Crippen molar-refractivity contribution < 1.29 is 32.5 Å². The topological polar surface area (TPSA) is 102 Å². The molecule has 11 heteroatoms. The van der Waals surface area contributed by atoms with Gasteiger partial charge in [-0.1, -0.05) is 6.07 Å². The number of rotatable bonds is 6. The van der Waals surface area contributed by atoms with Gasteiger partial charge in [0, 0.05) is 29.3 Å². The highest BCUT2D eigenvalue weighted by molar-refractivity contribution is 5.88. The van der Waals surface area contributed by atoms with Gasteiger partial charge in [-0.15, -0.1) is 0 Å². The highest BCUT2D eigenvalue weighted by atomic mass is 19.4. The molecule has 4 rings (SSSR count). The van der Waals surface area contributed by atoms with Gasteiger partial charge < -0.3 is 19.1 Å². The van der Waals surface area contributed by atoms with Gasteiger partial charge in [-0.25, -0.2) is 9.48 Å². The maximum Gasteiger partial charge on any atom is 0.435 e. The van der Waals surface area contributed by atoms with Crippen LogP contribution >= 0.6 is 0 Å². The van der Waals surface area contributed by atoms with Crippen LogP contribution in [0.4, 0.5) is 13.2 Å². The lowest BCUT2D eigenvalue weighted by Gasteiger charge is -2.14. The molecule has 0 radical (unpaired) electrons. The third-order valence-electron chi connectivity index (χ3n) is 5.31. The molecule has 8 nitrogen and oxygen atoms in total. The highest BCUT2D eigenvalue weighted by Gasteiger charge is 2.36. The fourth-order valence-electron chi connectivity index (χ4n) is 3.59. The average molecular weight is 472 g/mol. The van der Waals surface area contributed by atoms with Gasteiger partial charge in [0.2, 0.25) is 0 Å². The van der Waals surface area contributed by atoms with Crippen LogP contribution in [0.25, 0.3) is 16.5 Å². The Kier molecular flexibility index (Phi) is 5.78. The first-order valence-electron chi connectivity index (χ1n) is 9.92. The quantitative estimate of drug-likeness (QED) is 0.440. The predicted molar refractivity (Wildman–Crippen MR) is 116 cm³/mol. The van der Waals surface area contributed by atoms with Gasteiger partial charge in [0.15, 0.2) is 11.4 Å². The van der Waals surface area contributed by atoms with E-state index in [0.29, 0.717) is 33.0 Å². The molecular weight excluding hydrogens is 453 g/mol. The van der Waals surface area contributed by atoms with Crippen molar-refractivity contribution in [2.75, 3.05) is 14.2 Å². The fraction of sp³-hybridized carbons (Fsp3) is 0.174. The van der Waals surface area contributed by atoms with Crippen molar-refractivity contribution >= 4 is 16.7 Å². The number of methoxy groups -OCH3 is 2. The molecule has 0 saturated carbocycles. The summed E-state index contributed by atoms with van der Waals surface area (Å²) in [5.74, 6) is -0.363. The minimum absolute atomic E-state index is 0.0808. The Hall–Kier alpha value is -4.28. The van der Waals surface area contributed by atoms with Crippen LogP contribution in [0.2, 0.25) is 0 Å². The number of carboxylic acid groups (broad SMARTS) is 1. The van der Waals surface area contributed by atoms with Crippen LogP contribution in [0.3, 0.4) is 0 Å². The number of ether oxygens (including phenoxy) is 2. The monoisotopic (exact) mass is 472 g/mol. The predicted octanol–water partition coefficient (Wildman–Crippen LogP) is 4.09. The second-order valence-electron chi connectivity index (χ2n) is 7.37. The molecule has 2 aromatic heterocycles. The summed E-state index contributed by atoms with van der Waals surface area (Å²) in [4.78, 5) is 11.5. The van der Waals surface area contributed by atoms with Gasteiger partial charge in [-0.2, -0.15) is 18.3 Å². The van der Waals surface area contributed by atoms with E-state index in [1.807, 2.05) is 6.07 Å². The number of pyridine rings is 1. The molecule has 0 fully saturated rings. The van der Waals surface area contributed by atoms with E-state index < -0.39 is 23.5 Å². The van der Waals surface area contributed by atoms with Crippen molar-refractivity contribution in [3.05, 3.63) is 77.2 Å². The lowest BCUT2D eigenvalue weighted by atomic mass is 10.1. The van der Waals surface area contributed by atoms with E-state index in [2.05, 4.69) is 5.10 Å². The first kappa shape index (κ1) is 22.9. The smallest absolute Gasteiger partial charge is 0.435 e. The van der Waals surface area contributed by atoms with Crippen molar-refractivity contribution in [3.8, 4) is 17.2 Å². The van der Waals surface area contributed by atoms with E-state index in [4.69, 9.17) is 14.9 Å². The Bertz CT molecular complexity index is 1460. The Morgan fingerprint density at radius 3 is 2.50 bits per heavy atom. The van der Waals surface area contributed by atoms with Crippen LogP contribution in [-0.2, 0) is 12.7 Å². The Balaban J connectivity index is 1.81.